The van der Waals surface area contributed by atoms with Crippen molar-refractivity contribution in [3.8, 4) is 17.3 Å². The Morgan fingerprint density at radius 2 is 1.85 bits per heavy atom. The van der Waals surface area contributed by atoms with Crippen molar-refractivity contribution in [2.45, 2.75) is 12.5 Å². The van der Waals surface area contributed by atoms with Crippen LogP contribution in [0, 0.1) is 0 Å². The van der Waals surface area contributed by atoms with Crippen LogP contribution in [0.5, 0.6) is 11.6 Å². The van der Waals surface area contributed by atoms with Crippen molar-refractivity contribution < 1.29 is 9.84 Å². The van der Waals surface area contributed by atoms with Gasteiger partial charge in [0, 0.05) is 6.54 Å². The Bertz CT molecular complexity index is 1120. The second-order valence-electron chi connectivity index (χ2n) is 6.34. The van der Waals surface area contributed by atoms with Crippen molar-refractivity contribution in [2.24, 2.45) is 0 Å². The van der Waals surface area contributed by atoms with Crippen molar-refractivity contribution in [3.63, 3.8) is 0 Å². The van der Waals surface area contributed by atoms with Crippen LogP contribution in [-0.4, -0.2) is 28.3 Å². The Hall–Kier alpha value is -3.32. The Morgan fingerprint density at radius 1 is 1.11 bits per heavy atom. The van der Waals surface area contributed by atoms with Crippen LogP contribution in [0.25, 0.3) is 5.69 Å². The van der Waals surface area contributed by atoms with Gasteiger partial charge in [0.1, 0.15) is 5.75 Å². The number of hydrogen-bond donors (Lipinski definition) is 3. The van der Waals surface area contributed by atoms with E-state index in [4.69, 9.17) is 4.74 Å². The molecule has 1 aromatic heterocycles. The van der Waals surface area contributed by atoms with E-state index in [0.717, 1.165) is 22.1 Å². The highest BCUT2D eigenvalue weighted by Crippen LogP contribution is 2.32. The maximum Gasteiger partial charge on any atom is 0.335 e. The minimum atomic E-state index is -0.727. The molecule has 1 aliphatic rings. The van der Waals surface area contributed by atoms with E-state index in [1.807, 2.05) is 24.3 Å². The Kier molecular flexibility index (Phi) is 4.29. The first kappa shape index (κ1) is 17.1. The van der Waals surface area contributed by atoms with Gasteiger partial charge in [0.05, 0.1) is 24.4 Å². The third-order valence-corrected chi connectivity index (χ3v) is 4.84. The fraction of sp³-hybridized carbons (Fsp3) is 0.200. The summed E-state index contributed by atoms with van der Waals surface area (Å²) in [5.74, 6) is 0.00681. The number of aromatic hydroxyl groups is 1. The van der Waals surface area contributed by atoms with E-state index in [1.54, 1.807) is 24.3 Å². The number of nitrogens with zero attached hydrogens (tertiary/aromatic N) is 1. The van der Waals surface area contributed by atoms with E-state index in [1.165, 1.54) is 7.11 Å². The minimum absolute atomic E-state index is 0.104. The lowest BCUT2D eigenvalue weighted by molar-refractivity contribution is 0.394. The summed E-state index contributed by atoms with van der Waals surface area (Å²) in [6.07, 6.45) is 0.831. The molecule has 7 heteroatoms. The molecule has 4 rings (SSSR count). The molecule has 2 heterocycles. The molecule has 0 aliphatic carbocycles. The fourth-order valence-electron chi connectivity index (χ4n) is 3.60. The van der Waals surface area contributed by atoms with Gasteiger partial charge in [0.2, 0.25) is 5.88 Å². The number of H-pyrrole nitrogens is 1. The topological polar surface area (TPSA) is 96.3 Å². The number of para-hydroxylation sites is 2. The highest BCUT2D eigenvalue weighted by Gasteiger charge is 2.29. The summed E-state index contributed by atoms with van der Waals surface area (Å²) in [7, 11) is 1.48. The minimum Gasteiger partial charge on any atom is -0.495 e. The molecule has 0 spiro atoms. The molecule has 7 nitrogen and oxygen atoms in total. The summed E-state index contributed by atoms with van der Waals surface area (Å²) in [6, 6.07) is 14.1. The Labute approximate surface area is 154 Å². The van der Waals surface area contributed by atoms with Gasteiger partial charge in [-0.15, -0.1) is 0 Å². The molecule has 1 atom stereocenters. The predicted molar refractivity (Wildman–Crippen MR) is 101 cm³/mol. The second-order valence-corrected chi connectivity index (χ2v) is 6.34. The standard InChI is InChI=1S/C20H19N3O4/c1-27-15-9-5-4-8-14(15)23-19(25)16(18(24)22-20(23)26)17-13-7-3-2-6-12(13)10-11-21-17/h2-9,17,21,25H,10-11H2,1H3,(H,22,24,26)/t17-/m0/s1. The van der Waals surface area contributed by atoms with Crippen LogP contribution in [0.15, 0.2) is 58.1 Å². The van der Waals surface area contributed by atoms with Crippen LogP contribution in [0.3, 0.4) is 0 Å². The van der Waals surface area contributed by atoms with Gasteiger partial charge in [-0.25, -0.2) is 9.36 Å². The van der Waals surface area contributed by atoms with Crippen LogP contribution >= 0.6 is 0 Å². The first-order valence-electron chi connectivity index (χ1n) is 8.64. The van der Waals surface area contributed by atoms with Crippen molar-refractivity contribution >= 4 is 0 Å². The van der Waals surface area contributed by atoms with Crippen LogP contribution in [0.2, 0.25) is 0 Å². The number of rotatable bonds is 3. The lowest BCUT2D eigenvalue weighted by Crippen LogP contribution is -2.38. The van der Waals surface area contributed by atoms with E-state index in [9.17, 15) is 14.7 Å². The summed E-state index contributed by atoms with van der Waals surface area (Å²) in [5, 5.41) is 14.2. The zero-order chi connectivity index (χ0) is 19.0. The van der Waals surface area contributed by atoms with Crippen LogP contribution in [0.1, 0.15) is 22.7 Å². The molecule has 1 aliphatic heterocycles. The lowest BCUT2D eigenvalue weighted by atomic mass is 9.90. The number of fused-ring (bicyclic) bond motifs is 1. The van der Waals surface area contributed by atoms with E-state index >= 15 is 0 Å². The van der Waals surface area contributed by atoms with Gasteiger partial charge in [-0.05, 0) is 29.7 Å². The number of benzene rings is 2. The molecule has 0 bridgehead atoms. The summed E-state index contributed by atoms with van der Waals surface area (Å²) >= 11 is 0. The van der Waals surface area contributed by atoms with Gasteiger partial charge in [0.15, 0.2) is 0 Å². The number of aromatic amines is 1. The number of ether oxygens (including phenoxy) is 1. The zero-order valence-electron chi connectivity index (χ0n) is 14.7. The molecule has 0 saturated heterocycles. The molecule has 2 aromatic carbocycles. The Balaban J connectivity index is 1.97. The van der Waals surface area contributed by atoms with Gasteiger partial charge >= 0.3 is 5.69 Å². The number of hydrogen-bond acceptors (Lipinski definition) is 5. The average Bonchev–Trinajstić information content (AvgIpc) is 2.68. The molecular formula is C20H19N3O4. The molecule has 3 N–H and O–H groups in total. The molecule has 0 fully saturated rings. The van der Waals surface area contributed by atoms with Gasteiger partial charge in [-0.2, -0.15) is 0 Å². The quantitative estimate of drug-likeness (QED) is 0.653. The molecule has 0 amide bonds. The molecular weight excluding hydrogens is 346 g/mol. The van der Waals surface area contributed by atoms with E-state index in [-0.39, 0.29) is 5.56 Å². The van der Waals surface area contributed by atoms with Crippen molar-refractivity contribution in [2.75, 3.05) is 13.7 Å². The first-order valence-corrected chi connectivity index (χ1v) is 8.64. The van der Waals surface area contributed by atoms with Gasteiger partial charge in [-0.3, -0.25) is 9.78 Å². The summed E-state index contributed by atoms with van der Waals surface area (Å²) in [4.78, 5) is 27.4. The van der Waals surface area contributed by atoms with Gasteiger partial charge in [-0.1, -0.05) is 36.4 Å². The summed E-state index contributed by atoms with van der Waals surface area (Å²) in [6.45, 7) is 0.661. The zero-order valence-corrected chi connectivity index (χ0v) is 14.7. The van der Waals surface area contributed by atoms with Crippen molar-refractivity contribution in [1.29, 1.82) is 0 Å². The van der Waals surface area contributed by atoms with E-state index in [0.29, 0.717) is 18.0 Å². The van der Waals surface area contributed by atoms with Crippen LogP contribution in [-0.2, 0) is 6.42 Å². The van der Waals surface area contributed by atoms with Crippen LogP contribution in [0.4, 0.5) is 0 Å². The molecule has 27 heavy (non-hydrogen) atoms. The fourth-order valence-corrected chi connectivity index (χ4v) is 3.60. The monoisotopic (exact) mass is 365 g/mol. The highest BCUT2D eigenvalue weighted by atomic mass is 16.5. The van der Waals surface area contributed by atoms with E-state index in [2.05, 4.69) is 10.3 Å². The molecule has 138 valence electrons. The number of methoxy groups -OCH3 is 1. The molecule has 0 unspecified atom stereocenters. The number of nitrogens with one attached hydrogen (secondary N) is 2. The van der Waals surface area contributed by atoms with Gasteiger partial charge in [0.25, 0.3) is 5.56 Å². The van der Waals surface area contributed by atoms with Gasteiger partial charge < -0.3 is 15.2 Å². The Morgan fingerprint density at radius 3 is 2.67 bits per heavy atom. The maximum atomic E-state index is 12.6. The first-order chi connectivity index (χ1) is 13.1. The molecule has 0 saturated carbocycles. The second kappa shape index (κ2) is 6.77. The SMILES string of the molecule is COc1ccccc1-n1c(O)c([C@H]2NCCc3ccccc32)c(=O)[nH]c1=O. The smallest absolute Gasteiger partial charge is 0.335 e. The number of aromatic nitrogens is 2. The summed E-state index contributed by atoms with van der Waals surface area (Å²) in [5.41, 5.74) is 1.13. The lowest BCUT2D eigenvalue weighted by Gasteiger charge is -2.27. The van der Waals surface area contributed by atoms with Crippen molar-refractivity contribution in [1.82, 2.24) is 14.9 Å². The average molecular weight is 365 g/mol. The third-order valence-electron chi connectivity index (χ3n) is 4.84. The largest absolute Gasteiger partial charge is 0.495 e. The third kappa shape index (κ3) is 2.82. The normalized spacial score (nSPS) is 16.0. The highest BCUT2D eigenvalue weighted by molar-refractivity contribution is 5.51. The van der Waals surface area contributed by atoms with E-state index < -0.39 is 23.2 Å². The molecule has 0 radical (unpaired) electrons. The maximum absolute atomic E-state index is 12.6. The van der Waals surface area contributed by atoms with Crippen molar-refractivity contribution in [3.05, 3.63) is 86.1 Å². The molecule has 3 aromatic rings. The summed E-state index contributed by atoms with van der Waals surface area (Å²) < 4.78 is 6.37. The van der Waals surface area contributed by atoms with Crippen LogP contribution < -0.4 is 21.3 Å². The predicted octanol–water partition coefficient (Wildman–Crippen LogP) is 1.48.